The zero-order valence-corrected chi connectivity index (χ0v) is 8.67. The first-order chi connectivity index (χ1) is 5.83. The fourth-order valence-electron chi connectivity index (χ4n) is 0.800. The second-order valence-corrected chi connectivity index (χ2v) is 4.18. The molecule has 3 N–H and O–H groups in total. The van der Waals surface area contributed by atoms with Crippen molar-refractivity contribution in [2.75, 3.05) is 29.6 Å². The molecule has 3 nitrogen and oxygen atoms in total. The lowest BCUT2D eigenvalue weighted by Gasteiger charge is -1.99. The lowest BCUT2D eigenvalue weighted by atomic mass is 10.5. The number of nitrogen functional groups attached to an aromatic ring is 1. The fourth-order valence-corrected chi connectivity index (χ4v) is 1.83. The molecule has 0 aromatic carbocycles. The van der Waals surface area contributed by atoms with Crippen LogP contribution in [0, 0.1) is 0 Å². The van der Waals surface area contributed by atoms with Crippen LogP contribution in [0.1, 0.15) is 6.42 Å². The number of nitrogens with zero attached hydrogens (tertiary/aromatic N) is 1. The first-order valence-corrected chi connectivity index (χ1v) is 5.94. The average molecular weight is 203 g/mol. The molecule has 1 rings (SSSR count). The van der Waals surface area contributed by atoms with Gasteiger partial charge in [0.1, 0.15) is 10.8 Å². The van der Waals surface area contributed by atoms with Crippen molar-refractivity contribution in [3.63, 3.8) is 0 Å². The molecule has 68 valence electrons. The number of nitrogens with two attached hydrogens (primary N) is 1. The van der Waals surface area contributed by atoms with Crippen LogP contribution in [0.3, 0.4) is 0 Å². The summed E-state index contributed by atoms with van der Waals surface area (Å²) in [5.74, 6) is 1.80. The second-order valence-electron chi connectivity index (χ2n) is 2.39. The maximum atomic E-state index is 5.46. The largest absolute Gasteiger partial charge is 0.383 e. The minimum atomic E-state index is 0.604. The van der Waals surface area contributed by atoms with Crippen LogP contribution in [0.4, 0.5) is 10.8 Å². The van der Waals surface area contributed by atoms with E-state index in [0.717, 1.165) is 11.5 Å². The van der Waals surface area contributed by atoms with Crippen LogP contribution in [0.5, 0.6) is 0 Å². The lowest BCUT2D eigenvalue weighted by molar-refractivity contribution is 0.998. The van der Waals surface area contributed by atoms with Crippen molar-refractivity contribution in [1.82, 2.24) is 4.37 Å². The smallest absolute Gasteiger partial charge is 0.139 e. The summed E-state index contributed by atoms with van der Waals surface area (Å²) in [6.45, 7) is 1.00. The molecule has 0 saturated heterocycles. The monoisotopic (exact) mass is 203 g/mol. The lowest BCUT2D eigenvalue weighted by Crippen LogP contribution is -2.00. The van der Waals surface area contributed by atoms with Crippen molar-refractivity contribution in [1.29, 1.82) is 0 Å². The Hall–Kier alpha value is -0.420. The van der Waals surface area contributed by atoms with Crippen molar-refractivity contribution >= 4 is 34.1 Å². The molecular weight excluding hydrogens is 190 g/mol. The van der Waals surface area contributed by atoms with E-state index >= 15 is 0 Å². The molecule has 12 heavy (non-hydrogen) atoms. The third kappa shape index (κ3) is 3.32. The van der Waals surface area contributed by atoms with Gasteiger partial charge in [-0.15, -0.1) is 0 Å². The molecule has 0 unspecified atom stereocenters. The van der Waals surface area contributed by atoms with E-state index in [1.807, 2.05) is 17.8 Å². The summed E-state index contributed by atoms with van der Waals surface area (Å²) >= 11 is 3.28. The molecule has 0 bridgehead atoms. The Bertz CT molecular complexity index is 224. The van der Waals surface area contributed by atoms with Gasteiger partial charge in [-0.1, -0.05) is 0 Å². The standard InChI is InChI=1S/C7H13N3S2/c1-11-4-2-3-9-7-5-6(8)10-12-7/h5,9H,2-4H2,1H3,(H2,8,10). The van der Waals surface area contributed by atoms with Crippen molar-refractivity contribution in [2.24, 2.45) is 0 Å². The second kappa shape index (κ2) is 5.27. The Labute approximate surface area is 80.9 Å². The highest BCUT2D eigenvalue weighted by atomic mass is 32.2. The van der Waals surface area contributed by atoms with E-state index in [1.165, 1.54) is 23.7 Å². The zero-order chi connectivity index (χ0) is 8.81. The van der Waals surface area contributed by atoms with E-state index in [2.05, 4.69) is 15.9 Å². The van der Waals surface area contributed by atoms with Gasteiger partial charge in [0, 0.05) is 12.6 Å². The van der Waals surface area contributed by atoms with Crippen molar-refractivity contribution in [3.05, 3.63) is 6.07 Å². The van der Waals surface area contributed by atoms with E-state index in [9.17, 15) is 0 Å². The topological polar surface area (TPSA) is 50.9 Å². The van der Waals surface area contributed by atoms with Gasteiger partial charge in [-0.25, -0.2) is 0 Å². The maximum Gasteiger partial charge on any atom is 0.139 e. The van der Waals surface area contributed by atoms with Gasteiger partial charge in [-0.05, 0) is 30.0 Å². The minimum Gasteiger partial charge on any atom is -0.383 e. The van der Waals surface area contributed by atoms with Crippen LogP contribution >= 0.6 is 23.3 Å². The third-order valence-corrected chi connectivity index (χ3v) is 2.81. The molecule has 0 radical (unpaired) electrons. The highest BCUT2D eigenvalue weighted by Crippen LogP contribution is 2.17. The maximum absolute atomic E-state index is 5.46. The Morgan fingerprint density at radius 3 is 3.17 bits per heavy atom. The summed E-state index contributed by atoms with van der Waals surface area (Å²) < 4.78 is 3.97. The summed E-state index contributed by atoms with van der Waals surface area (Å²) in [4.78, 5) is 0. The normalized spacial score (nSPS) is 10.1. The molecule has 1 heterocycles. The van der Waals surface area contributed by atoms with Crippen molar-refractivity contribution in [2.45, 2.75) is 6.42 Å². The number of hydrogen-bond acceptors (Lipinski definition) is 5. The number of thioether (sulfide) groups is 1. The average Bonchev–Trinajstić information content (AvgIpc) is 2.45. The van der Waals surface area contributed by atoms with Gasteiger partial charge in [0.2, 0.25) is 0 Å². The van der Waals surface area contributed by atoms with Gasteiger partial charge < -0.3 is 11.1 Å². The van der Waals surface area contributed by atoms with E-state index in [0.29, 0.717) is 5.82 Å². The molecule has 0 amide bonds. The number of nitrogens with one attached hydrogen (secondary N) is 1. The van der Waals surface area contributed by atoms with E-state index < -0.39 is 0 Å². The molecule has 0 fully saturated rings. The van der Waals surface area contributed by atoms with E-state index in [-0.39, 0.29) is 0 Å². The number of hydrogen-bond donors (Lipinski definition) is 2. The summed E-state index contributed by atoms with van der Waals surface area (Å²) in [6.07, 6.45) is 3.30. The number of anilines is 2. The Morgan fingerprint density at radius 1 is 1.75 bits per heavy atom. The first kappa shape index (κ1) is 9.67. The van der Waals surface area contributed by atoms with E-state index in [4.69, 9.17) is 5.73 Å². The minimum absolute atomic E-state index is 0.604. The van der Waals surface area contributed by atoms with Gasteiger partial charge in [-0.2, -0.15) is 16.1 Å². The molecule has 1 aromatic heterocycles. The Morgan fingerprint density at radius 2 is 2.58 bits per heavy atom. The summed E-state index contributed by atoms with van der Waals surface area (Å²) in [7, 11) is 0. The van der Waals surface area contributed by atoms with Crippen LogP contribution in [0.15, 0.2) is 6.07 Å². The van der Waals surface area contributed by atoms with Gasteiger partial charge in [0.15, 0.2) is 0 Å². The van der Waals surface area contributed by atoms with E-state index in [1.54, 1.807) is 0 Å². The zero-order valence-electron chi connectivity index (χ0n) is 7.04. The van der Waals surface area contributed by atoms with Gasteiger partial charge in [0.05, 0.1) is 0 Å². The molecule has 0 spiro atoms. The summed E-state index contributed by atoms with van der Waals surface area (Å²) in [5.41, 5.74) is 5.46. The molecule has 0 saturated carbocycles. The molecule has 0 aliphatic carbocycles. The summed E-state index contributed by atoms with van der Waals surface area (Å²) in [5, 5.41) is 4.33. The third-order valence-electron chi connectivity index (χ3n) is 1.35. The molecule has 5 heteroatoms. The molecule has 1 aromatic rings. The van der Waals surface area contributed by atoms with Crippen molar-refractivity contribution in [3.8, 4) is 0 Å². The van der Waals surface area contributed by atoms with Crippen molar-refractivity contribution < 1.29 is 0 Å². The number of aromatic nitrogens is 1. The fraction of sp³-hybridized carbons (Fsp3) is 0.571. The summed E-state index contributed by atoms with van der Waals surface area (Å²) in [6, 6.07) is 1.86. The highest BCUT2D eigenvalue weighted by molar-refractivity contribution is 7.98. The van der Waals surface area contributed by atoms with Crippen LogP contribution < -0.4 is 11.1 Å². The van der Waals surface area contributed by atoms with Crippen LogP contribution in [-0.2, 0) is 0 Å². The molecule has 0 aliphatic heterocycles. The van der Waals surface area contributed by atoms with Gasteiger partial charge in [0.25, 0.3) is 0 Å². The quantitative estimate of drug-likeness (QED) is 0.718. The SMILES string of the molecule is CSCCCNc1cc(N)ns1. The Kier molecular flexibility index (Phi) is 4.24. The number of rotatable bonds is 5. The van der Waals surface area contributed by atoms with Gasteiger partial charge in [-0.3, -0.25) is 0 Å². The predicted octanol–water partition coefficient (Wildman–Crippen LogP) is 1.89. The van der Waals surface area contributed by atoms with Crippen LogP contribution in [0.2, 0.25) is 0 Å². The van der Waals surface area contributed by atoms with Gasteiger partial charge >= 0.3 is 0 Å². The van der Waals surface area contributed by atoms with Crippen LogP contribution in [-0.4, -0.2) is 22.9 Å². The first-order valence-electron chi connectivity index (χ1n) is 3.78. The predicted molar refractivity (Wildman–Crippen MR) is 58.0 cm³/mol. The van der Waals surface area contributed by atoms with Crippen LogP contribution in [0.25, 0.3) is 0 Å². The molecular formula is C7H13N3S2. The Balaban J connectivity index is 2.15. The molecule has 0 atom stereocenters. The highest BCUT2D eigenvalue weighted by Gasteiger charge is 1.95. The molecule has 0 aliphatic rings.